The van der Waals surface area contributed by atoms with Crippen LogP contribution in [0, 0.1) is 20.8 Å². The van der Waals surface area contributed by atoms with Gasteiger partial charge in [0, 0.05) is 30.0 Å². The number of benzene rings is 2. The topological polar surface area (TPSA) is 89.9 Å². The van der Waals surface area contributed by atoms with Gasteiger partial charge in [-0.05, 0) is 68.5 Å². The molecule has 148 valence electrons. The summed E-state index contributed by atoms with van der Waals surface area (Å²) in [6.45, 7) is 6.82. The van der Waals surface area contributed by atoms with Gasteiger partial charge >= 0.3 is 5.97 Å². The van der Waals surface area contributed by atoms with Crippen LogP contribution in [0.25, 0.3) is 0 Å². The monoisotopic (exact) mass is 382 g/mol. The number of carboxylic acids is 1. The summed E-state index contributed by atoms with van der Waals surface area (Å²) in [4.78, 5) is 26.5. The van der Waals surface area contributed by atoms with Crippen LogP contribution in [-0.2, 0) is 0 Å². The first kappa shape index (κ1) is 19.9. The van der Waals surface area contributed by atoms with E-state index in [-0.39, 0.29) is 17.6 Å². The number of piperidine rings is 1. The number of aryl methyl sites for hydroxylation is 2. The molecule has 0 aromatic heterocycles. The van der Waals surface area contributed by atoms with Crippen molar-refractivity contribution in [3.8, 4) is 0 Å². The summed E-state index contributed by atoms with van der Waals surface area (Å²) in [6.07, 6.45) is 1.36. The largest absolute Gasteiger partial charge is 0.478 e. The number of carboxylic acid groups (broad SMARTS) is 1. The van der Waals surface area contributed by atoms with E-state index in [0.717, 1.165) is 36.2 Å². The van der Waals surface area contributed by atoms with Crippen molar-refractivity contribution in [1.29, 1.82) is 0 Å². The van der Waals surface area contributed by atoms with Crippen LogP contribution in [-0.4, -0.2) is 41.3 Å². The Labute approximate surface area is 164 Å². The van der Waals surface area contributed by atoms with Crippen molar-refractivity contribution >= 4 is 23.3 Å². The lowest BCUT2D eigenvalue weighted by atomic mass is 10.0. The van der Waals surface area contributed by atoms with E-state index < -0.39 is 5.97 Å². The Hall–Kier alpha value is -2.86. The summed E-state index contributed by atoms with van der Waals surface area (Å²) in [5, 5.41) is 22.2. The van der Waals surface area contributed by atoms with Crippen LogP contribution < -0.4 is 10.2 Å². The number of aliphatic hydroxyl groups is 1. The van der Waals surface area contributed by atoms with Gasteiger partial charge in [0.2, 0.25) is 0 Å². The minimum atomic E-state index is -1.02. The molecule has 0 aliphatic carbocycles. The molecule has 28 heavy (non-hydrogen) atoms. The Morgan fingerprint density at radius 3 is 2.46 bits per heavy atom. The maximum Gasteiger partial charge on any atom is 0.336 e. The summed E-state index contributed by atoms with van der Waals surface area (Å²) in [7, 11) is 0. The summed E-state index contributed by atoms with van der Waals surface area (Å²) >= 11 is 0. The number of nitrogens with one attached hydrogen (secondary N) is 1. The predicted molar refractivity (Wildman–Crippen MR) is 109 cm³/mol. The molecule has 6 nitrogen and oxygen atoms in total. The highest BCUT2D eigenvalue weighted by molar-refractivity contribution is 6.07. The molecule has 1 heterocycles. The lowest BCUT2D eigenvalue weighted by molar-refractivity contribution is 0.0695. The van der Waals surface area contributed by atoms with Crippen molar-refractivity contribution in [2.24, 2.45) is 0 Å². The van der Waals surface area contributed by atoms with Gasteiger partial charge in [0.25, 0.3) is 5.91 Å². The molecule has 0 radical (unpaired) electrons. The van der Waals surface area contributed by atoms with Gasteiger partial charge in [-0.25, -0.2) is 4.79 Å². The Kier molecular flexibility index (Phi) is 5.70. The highest BCUT2D eigenvalue weighted by atomic mass is 16.4. The molecule has 1 aliphatic heterocycles. The molecule has 0 bridgehead atoms. The third kappa shape index (κ3) is 4.02. The zero-order valence-corrected chi connectivity index (χ0v) is 16.5. The fourth-order valence-electron chi connectivity index (χ4n) is 3.69. The zero-order valence-electron chi connectivity index (χ0n) is 16.5. The molecule has 1 saturated heterocycles. The van der Waals surface area contributed by atoms with Crippen molar-refractivity contribution in [1.82, 2.24) is 0 Å². The Balaban J connectivity index is 1.90. The smallest absolute Gasteiger partial charge is 0.336 e. The van der Waals surface area contributed by atoms with E-state index in [1.807, 2.05) is 32.0 Å². The van der Waals surface area contributed by atoms with Gasteiger partial charge in [0.1, 0.15) is 0 Å². The average Bonchev–Trinajstić information content (AvgIpc) is 2.65. The van der Waals surface area contributed by atoms with Crippen LogP contribution in [0.15, 0.2) is 30.3 Å². The summed E-state index contributed by atoms with van der Waals surface area (Å²) in [6, 6.07) is 8.96. The maximum absolute atomic E-state index is 13.0. The number of carbonyl (C=O) groups is 2. The number of carbonyl (C=O) groups excluding carboxylic acids is 1. The number of amides is 1. The fraction of sp³-hybridized carbons (Fsp3) is 0.364. The van der Waals surface area contributed by atoms with Gasteiger partial charge in [-0.15, -0.1) is 0 Å². The van der Waals surface area contributed by atoms with Crippen molar-refractivity contribution in [2.45, 2.75) is 39.7 Å². The van der Waals surface area contributed by atoms with E-state index in [9.17, 15) is 19.8 Å². The van der Waals surface area contributed by atoms with E-state index >= 15 is 0 Å². The molecule has 1 unspecified atom stereocenters. The third-order valence-corrected chi connectivity index (χ3v) is 5.37. The van der Waals surface area contributed by atoms with E-state index in [0.29, 0.717) is 23.4 Å². The predicted octanol–water partition coefficient (Wildman–Crippen LogP) is 3.52. The van der Waals surface area contributed by atoms with Crippen LogP contribution in [0.4, 0.5) is 11.4 Å². The first-order valence-electron chi connectivity index (χ1n) is 9.46. The number of anilines is 2. The first-order chi connectivity index (χ1) is 13.3. The maximum atomic E-state index is 13.0. The third-order valence-electron chi connectivity index (χ3n) is 5.37. The summed E-state index contributed by atoms with van der Waals surface area (Å²) in [5.74, 6) is -1.29. The molecule has 6 heteroatoms. The van der Waals surface area contributed by atoms with E-state index in [2.05, 4.69) is 10.2 Å². The quantitative estimate of drug-likeness (QED) is 0.753. The number of aliphatic hydroxyl groups excluding tert-OH is 1. The standard InChI is InChI=1S/C22H26N2O4/c1-13-6-8-16(24-10-4-5-17(25)12-24)11-19(13)21(26)23-20-14(2)7-9-18(15(20)3)22(27)28/h6-9,11,17,25H,4-5,10,12H2,1-3H3,(H,23,26)(H,27,28). The Morgan fingerprint density at radius 1 is 1.07 bits per heavy atom. The van der Waals surface area contributed by atoms with Gasteiger partial charge < -0.3 is 20.4 Å². The molecular formula is C22H26N2O4. The molecule has 3 rings (SSSR count). The molecule has 0 spiro atoms. The van der Waals surface area contributed by atoms with Crippen LogP contribution in [0.5, 0.6) is 0 Å². The summed E-state index contributed by atoms with van der Waals surface area (Å²) < 4.78 is 0. The molecule has 1 aliphatic rings. The van der Waals surface area contributed by atoms with Crippen molar-refractivity contribution < 1.29 is 19.8 Å². The Morgan fingerprint density at radius 2 is 1.79 bits per heavy atom. The molecule has 3 N–H and O–H groups in total. The number of β-amino-alcohol motifs (C(OH)–C–C–N with tert-alkyl or cyclic N) is 1. The molecule has 2 aromatic rings. The minimum absolute atomic E-state index is 0.175. The van der Waals surface area contributed by atoms with Crippen LogP contribution in [0.1, 0.15) is 50.2 Å². The summed E-state index contributed by atoms with van der Waals surface area (Å²) in [5.41, 5.74) is 4.33. The van der Waals surface area contributed by atoms with Crippen LogP contribution in [0.2, 0.25) is 0 Å². The normalized spacial score (nSPS) is 16.7. The second kappa shape index (κ2) is 8.02. The Bertz CT molecular complexity index is 923. The lowest BCUT2D eigenvalue weighted by Crippen LogP contribution is -2.38. The van der Waals surface area contributed by atoms with Gasteiger partial charge in [0.05, 0.1) is 11.7 Å². The van der Waals surface area contributed by atoms with Gasteiger partial charge in [-0.2, -0.15) is 0 Å². The van der Waals surface area contributed by atoms with E-state index in [1.54, 1.807) is 19.1 Å². The molecule has 0 saturated carbocycles. The highest BCUT2D eigenvalue weighted by Gasteiger charge is 2.21. The number of nitrogens with zero attached hydrogens (tertiary/aromatic N) is 1. The van der Waals surface area contributed by atoms with Crippen molar-refractivity contribution in [3.05, 3.63) is 58.1 Å². The lowest BCUT2D eigenvalue weighted by Gasteiger charge is -2.32. The van der Waals surface area contributed by atoms with E-state index in [1.165, 1.54) is 0 Å². The second-order valence-corrected chi connectivity index (χ2v) is 7.43. The van der Waals surface area contributed by atoms with Crippen LogP contribution in [0.3, 0.4) is 0 Å². The van der Waals surface area contributed by atoms with Gasteiger partial charge in [-0.3, -0.25) is 4.79 Å². The number of aromatic carboxylic acids is 1. The van der Waals surface area contributed by atoms with Gasteiger partial charge in [0.15, 0.2) is 0 Å². The molecule has 2 aromatic carbocycles. The second-order valence-electron chi connectivity index (χ2n) is 7.43. The van der Waals surface area contributed by atoms with Crippen molar-refractivity contribution in [2.75, 3.05) is 23.3 Å². The van der Waals surface area contributed by atoms with Gasteiger partial charge in [-0.1, -0.05) is 12.1 Å². The van der Waals surface area contributed by atoms with Crippen molar-refractivity contribution in [3.63, 3.8) is 0 Å². The molecule has 1 atom stereocenters. The highest BCUT2D eigenvalue weighted by Crippen LogP contribution is 2.27. The molecule has 1 fully saturated rings. The number of hydrogen-bond acceptors (Lipinski definition) is 4. The van der Waals surface area contributed by atoms with Crippen LogP contribution >= 0.6 is 0 Å². The number of hydrogen-bond donors (Lipinski definition) is 3. The van der Waals surface area contributed by atoms with E-state index in [4.69, 9.17) is 0 Å². The zero-order chi connectivity index (χ0) is 20.4. The molecular weight excluding hydrogens is 356 g/mol. The average molecular weight is 382 g/mol. The molecule has 1 amide bonds. The fourth-order valence-corrected chi connectivity index (χ4v) is 3.69. The minimum Gasteiger partial charge on any atom is -0.478 e. The number of rotatable bonds is 4. The first-order valence-corrected chi connectivity index (χ1v) is 9.46. The SMILES string of the molecule is Cc1ccc(N2CCCC(O)C2)cc1C(=O)Nc1c(C)ccc(C(=O)O)c1C.